The molecule has 1 aromatic heterocycles. The van der Waals surface area contributed by atoms with Crippen LogP contribution in [-0.2, 0) is 29.0 Å². The summed E-state index contributed by atoms with van der Waals surface area (Å²) in [6.07, 6.45) is -1.74. The Morgan fingerprint density at radius 2 is 1.33 bits per heavy atom. The second-order valence-corrected chi connectivity index (χ2v) is 16.1. The molecule has 1 unspecified atom stereocenters. The summed E-state index contributed by atoms with van der Waals surface area (Å²) in [5.74, 6) is 1.48. The lowest BCUT2D eigenvalue weighted by molar-refractivity contribution is -0.121. The number of aromatic nitrogens is 2. The zero-order valence-corrected chi connectivity index (χ0v) is 32.5. The molecule has 288 valence electrons. The Hall–Kier alpha value is -5.26. The monoisotopic (exact) mass is 768 g/mol. The lowest BCUT2D eigenvalue weighted by Gasteiger charge is -2.37. The molecule has 4 aromatic carbocycles. The predicted octanol–water partition coefficient (Wildman–Crippen LogP) is 7.39. The van der Waals surface area contributed by atoms with Crippen LogP contribution >= 0.6 is 7.60 Å². The number of nitrogens with one attached hydrogen (secondary N) is 1. The van der Waals surface area contributed by atoms with Crippen LogP contribution in [-0.4, -0.2) is 48.1 Å². The molecule has 0 radical (unpaired) electrons. The van der Waals surface area contributed by atoms with Gasteiger partial charge in [0.2, 0.25) is 0 Å². The number of aryl methyl sites for hydroxylation is 1. The van der Waals surface area contributed by atoms with E-state index in [0.29, 0.717) is 11.5 Å². The SMILES string of the molecule is COc1ccc(C(OC[C@H]2O[C@@H](n3cc(C)c(=O)[nH]c3=O)C[C@@H]2OP(=O)(Oc2ccccc2)C(=O)C(C)(C)C)(c2ccccc2)c2ccc(OC)cc2)cc1. The van der Waals surface area contributed by atoms with E-state index in [0.717, 1.165) is 16.7 Å². The maximum atomic E-state index is 14.8. The van der Waals surface area contributed by atoms with Crippen LogP contribution in [0.2, 0.25) is 0 Å². The largest absolute Gasteiger partial charge is 0.497 e. The van der Waals surface area contributed by atoms with Crippen molar-refractivity contribution < 1.29 is 37.4 Å². The first-order valence-corrected chi connectivity index (χ1v) is 19.4. The van der Waals surface area contributed by atoms with Gasteiger partial charge in [-0.05, 0) is 60.0 Å². The highest BCUT2D eigenvalue weighted by Gasteiger charge is 2.50. The van der Waals surface area contributed by atoms with Crippen LogP contribution in [0, 0.1) is 12.3 Å². The summed E-state index contributed by atoms with van der Waals surface area (Å²) in [6, 6.07) is 33.0. The molecule has 0 aliphatic carbocycles. The maximum absolute atomic E-state index is 14.8. The number of carbonyl (C=O) groups excluding carboxylic acids is 1. The molecule has 1 saturated heterocycles. The number of hydrogen-bond acceptors (Lipinski definition) is 10. The number of methoxy groups -OCH3 is 2. The highest BCUT2D eigenvalue weighted by atomic mass is 31.2. The molecule has 13 heteroatoms. The van der Waals surface area contributed by atoms with Crippen LogP contribution in [0.1, 0.15) is 55.7 Å². The van der Waals surface area contributed by atoms with E-state index in [9.17, 15) is 18.9 Å². The molecule has 0 spiro atoms. The molecule has 2 heterocycles. The van der Waals surface area contributed by atoms with Gasteiger partial charge in [-0.3, -0.25) is 23.7 Å². The van der Waals surface area contributed by atoms with Gasteiger partial charge in [-0.15, -0.1) is 0 Å². The predicted molar refractivity (Wildman–Crippen MR) is 207 cm³/mol. The van der Waals surface area contributed by atoms with Crippen molar-refractivity contribution in [3.63, 3.8) is 0 Å². The average Bonchev–Trinajstić information content (AvgIpc) is 3.58. The Kier molecular flexibility index (Phi) is 11.6. The summed E-state index contributed by atoms with van der Waals surface area (Å²) in [5, 5.41) is 0. The molecule has 0 saturated carbocycles. The van der Waals surface area contributed by atoms with Crippen LogP contribution < -0.4 is 25.2 Å². The fraction of sp³-hybridized carbons (Fsp3) is 0.310. The summed E-state index contributed by atoms with van der Waals surface area (Å²) in [5.41, 5.74) is -1.78. The van der Waals surface area contributed by atoms with Gasteiger partial charge in [0.25, 0.3) is 11.1 Å². The normalized spacial score (nSPS) is 18.3. The topological polar surface area (TPSA) is 144 Å². The van der Waals surface area contributed by atoms with Gasteiger partial charge in [-0.2, -0.15) is 0 Å². The lowest BCUT2D eigenvalue weighted by Crippen LogP contribution is -2.39. The molecule has 0 amide bonds. The smallest absolute Gasteiger partial charge is 0.447 e. The van der Waals surface area contributed by atoms with Crippen molar-refractivity contribution in [2.45, 2.75) is 58.2 Å². The summed E-state index contributed by atoms with van der Waals surface area (Å²) in [4.78, 5) is 41.7. The fourth-order valence-corrected chi connectivity index (χ4v) is 8.55. The first-order valence-electron chi connectivity index (χ1n) is 17.8. The van der Waals surface area contributed by atoms with E-state index >= 15 is 0 Å². The first-order chi connectivity index (χ1) is 26.3. The zero-order chi connectivity index (χ0) is 39.4. The van der Waals surface area contributed by atoms with E-state index in [1.807, 2.05) is 78.9 Å². The standard InChI is InChI=1S/C42H45N2O10P/c1-28-26-44(40(47)43-38(28)45)37-25-35(54-55(48,39(46)41(2,3)4)53-34-15-11-8-12-16-34)36(52-37)27-51-42(29-13-9-7-10-14-29,30-17-21-32(49-5)22-18-30)31-19-23-33(50-6)24-20-31/h7-24,26,35-37H,25,27H2,1-6H3,(H,43,45,47)/t35-,36+,37+,55?/m0/s1. The summed E-state index contributed by atoms with van der Waals surface area (Å²) in [6.45, 7) is 6.29. The van der Waals surface area contributed by atoms with E-state index in [2.05, 4.69) is 4.98 Å². The molecule has 1 aliphatic heterocycles. The number of nitrogens with zero attached hydrogens (tertiary/aromatic N) is 1. The Morgan fingerprint density at radius 3 is 1.85 bits per heavy atom. The Bertz CT molecular complexity index is 2200. The summed E-state index contributed by atoms with van der Waals surface area (Å²) in [7, 11) is -1.41. The molecular weight excluding hydrogens is 723 g/mol. The molecular formula is C42H45N2O10P. The van der Waals surface area contributed by atoms with Gasteiger partial charge in [0.15, 0.2) is 0 Å². The number of benzene rings is 4. The van der Waals surface area contributed by atoms with E-state index in [4.69, 9.17) is 28.0 Å². The van der Waals surface area contributed by atoms with Gasteiger partial charge in [-0.1, -0.05) is 93.6 Å². The number of rotatable bonds is 14. The van der Waals surface area contributed by atoms with Gasteiger partial charge in [-0.25, -0.2) is 9.36 Å². The van der Waals surface area contributed by atoms with Crippen molar-refractivity contribution in [2.24, 2.45) is 5.41 Å². The number of para-hydroxylation sites is 1. The molecule has 55 heavy (non-hydrogen) atoms. The minimum atomic E-state index is -4.59. The maximum Gasteiger partial charge on any atom is 0.447 e. The van der Waals surface area contributed by atoms with Gasteiger partial charge >= 0.3 is 13.3 Å². The zero-order valence-electron chi connectivity index (χ0n) is 31.6. The average molecular weight is 769 g/mol. The van der Waals surface area contributed by atoms with Crippen molar-refractivity contribution >= 4 is 13.1 Å². The Balaban J connectivity index is 1.46. The van der Waals surface area contributed by atoms with Crippen LogP contribution in [0.3, 0.4) is 0 Å². The van der Waals surface area contributed by atoms with Crippen LogP contribution in [0.25, 0.3) is 0 Å². The summed E-state index contributed by atoms with van der Waals surface area (Å²) < 4.78 is 53.0. The van der Waals surface area contributed by atoms with Gasteiger partial charge < -0.3 is 23.5 Å². The number of ether oxygens (including phenoxy) is 4. The number of H-pyrrole nitrogens is 1. The van der Waals surface area contributed by atoms with Crippen molar-refractivity contribution in [1.82, 2.24) is 9.55 Å². The van der Waals surface area contributed by atoms with Crippen LogP contribution in [0.5, 0.6) is 17.2 Å². The third-order valence-corrected chi connectivity index (χ3v) is 11.6. The lowest BCUT2D eigenvalue weighted by atomic mass is 9.80. The van der Waals surface area contributed by atoms with E-state index in [-0.39, 0.29) is 24.3 Å². The first kappa shape index (κ1) is 39.4. The number of carbonyl (C=O) groups is 1. The molecule has 5 aromatic rings. The second-order valence-electron chi connectivity index (χ2n) is 14.3. The molecule has 0 bridgehead atoms. The molecule has 1 N–H and O–H groups in total. The third kappa shape index (κ3) is 8.38. The van der Waals surface area contributed by atoms with Gasteiger partial charge in [0.05, 0.1) is 20.8 Å². The van der Waals surface area contributed by atoms with Crippen LogP contribution in [0.4, 0.5) is 0 Å². The van der Waals surface area contributed by atoms with Crippen molar-refractivity contribution in [3.8, 4) is 17.2 Å². The fourth-order valence-electron chi connectivity index (χ4n) is 6.53. The van der Waals surface area contributed by atoms with E-state index in [1.165, 1.54) is 10.8 Å². The molecule has 4 atom stereocenters. The molecule has 6 rings (SSSR count). The van der Waals surface area contributed by atoms with Crippen molar-refractivity contribution in [3.05, 3.63) is 158 Å². The quantitative estimate of drug-likeness (QED) is 0.0897. The van der Waals surface area contributed by atoms with Gasteiger partial charge in [0, 0.05) is 23.6 Å². The molecule has 1 fully saturated rings. The minimum Gasteiger partial charge on any atom is -0.497 e. The van der Waals surface area contributed by atoms with Crippen molar-refractivity contribution in [2.75, 3.05) is 20.8 Å². The van der Waals surface area contributed by atoms with Crippen molar-refractivity contribution in [1.29, 1.82) is 0 Å². The number of hydrogen-bond donors (Lipinski definition) is 1. The van der Waals surface area contributed by atoms with Crippen LogP contribution in [0.15, 0.2) is 125 Å². The van der Waals surface area contributed by atoms with Gasteiger partial charge in [0.1, 0.15) is 41.3 Å². The second kappa shape index (κ2) is 16.2. The van der Waals surface area contributed by atoms with E-state index < -0.39 is 53.8 Å². The third-order valence-electron chi connectivity index (χ3n) is 9.41. The van der Waals surface area contributed by atoms with E-state index in [1.54, 1.807) is 72.2 Å². The molecule has 12 nitrogen and oxygen atoms in total. The Labute approximate surface area is 319 Å². The number of aromatic amines is 1. The molecule has 1 aliphatic rings. The Morgan fingerprint density at radius 1 is 0.800 bits per heavy atom. The highest BCUT2D eigenvalue weighted by Crippen LogP contribution is 2.56. The highest BCUT2D eigenvalue weighted by molar-refractivity contribution is 7.72. The summed E-state index contributed by atoms with van der Waals surface area (Å²) >= 11 is 0. The minimum absolute atomic E-state index is 0.0393.